The van der Waals surface area contributed by atoms with Crippen LogP contribution < -0.4 is 0 Å². The van der Waals surface area contributed by atoms with Crippen molar-refractivity contribution >= 4 is 54.6 Å². The lowest BCUT2D eigenvalue weighted by atomic mass is 10.4. The third kappa shape index (κ3) is 7.44. The molecule has 25 heavy (non-hydrogen) atoms. The van der Waals surface area contributed by atoms with E-state index >= 15 is 0 Å². The van der Waals surface area contributed by atoms with E-state index in [4.69, 9.17) is 15.8 Å². The average molecular weight is 423 g/mol. The summed E-state index contributed by atoms with van der Waals surface area (Å²) in [5, 5.41) is 29.9. The van der Waals surface area contributed by atoms with Gasteiger partial charge in [0, 0.05) is 41.3 Å². The molecule has 0 radical (unpaired) electrons. The van der Waals surface area contributed by atoms with Crippen LogP contribution in [-0.4, -0.2) is 37.3 Å². The summed E-state index contributed by atoms with van der Waals surface area (Å²) >= 11 is 0. The Morgan fingerprint density at radius 1 is 1.04 bits per heavy atom. The van der Waals surface area contributed by atoms with Crippen LogP contribution in [0.15, 0.2) is 46.7 Å². The molecule has 9 nitrogen and oxygen atoms in total. The molecular weight excluding hydrogens is 412 g/mol. The Morgan fingerprint density at radius 3 is 2.00 bits per heavy atom. The number of halogens is 1. The van der Waals surface area contributed by atoms with Crippen molar-refractivity contribution in [1.82, 2.24) is 9.97 Å². The zero-order valence-electron chi connectivity index (χ0n) is 12.4. The fraction of sp³-hybridized carbons (Fsp3) is 0.167. The number of aliphatic hydroxyl groups is 1. The van der Waals surface area contributed by atoms with Crippen molar-refractivity contribution in [3.63, 3.8) is 0 Å². The van der Waals surface area contributed by atoms with Crippen molar-refractivity contribution in [2.24, 2.45) is 0 Å². The molecule has 0 aliphatic heterocycles. The first kappa shape index (κ1) is 21.4. The molecule has 0 aromatic carbocycles. The fourth-order valence-corrected chi connectivity index (χ4v) is 3.78. The van der Waals surface area contributed by atoms with Crippen LogP contribution >= 0.6 is 43.2 Å². The van der Waals surface area contributed by atoms with E-state index in [0.717, 1.165) is 11.0 Å². The summed E-state index contributed by atoms with van der Waals surface area (Å²) in [7, 11) is 8.61. The first-order valence-corrected chi connectivity index (χ1v) is 10.3. The molecule has 1 N–H and O–H groups in total. The highest BCUT2D eigenvalue weighted by Gasteiger charge is 2.14. The molecule has 0 spiro atoms. The molecule has 0 bridgehead atoms. The topological polar surface area (TPSA) is 132 Å². The van der Waals surface area contributed by atoms with Crippen LogP contribution in [-0.2, 0) is 0 Å². The minimum absolute atomic E-state index is 0.00272. The normalized spacial score (nSPS) is 9.84. The number of rotatable bonds is 7. The van der Waals surface area contributed by atoms with Crippen molar-refractivity contribution in [1.29, 1.82) is 0 Å². The highest BCUT2D eigenvalue weighted by atomic mass is 35.7. The Labute approximate surface area is 158 Å². The summed E-state index contributed by atoms with van der Waals surface area (Å²) < 4.78 is 0. The van der Waals surface area contributed by atoms with E-state index in [1.54, 1.807) is 0 Å². The second-order valence-electron chi connectivity index (χ2n) is 3.88. The SMILES string of the molecule is O=[N+]([O-])c1cccnc1SCl.O=[N+]([O-])c1cccnc1SSCCO. The maximum Gasteiger partial charge on any atom is 0.302 e. The fourth-order valence-electron chi connectivity index (χ4n) is 1.30. The van der Waals surface area contributed by atoms with E-state index < -0.39 is 9.85 Å². The van der Waals surface area contributed by atoms with Crippen LogP contribution in [0.3, 0.4) is 0 Å². The molecule has 2 aromatic rings. The predicted octanol–water partition coefficient (Wildman–Crippen LogP) is 3.96. The molecule has 0 aliphatic carbocycles. The summed E-state index contributed by atoms with van der Waals surface area (Å²) in [6, 6.07) is 5.79. The van der Waals surface area contributed by atoms with Gasteiger partial charge in [-0.1, -0.05) is 10.8 Å². The van der Waals surface area contributed by atoms with Gasteiger partial charge in [0.25, 0.3) is 0 Å². The van der Waals surface area contributed by atoms with Crippen LogP contribution in [0.25, 0.3) is 0 Å². The molecular formula is C12H11ClN4O5S3. The van der Waals surface area contributed by atoms with Gasteiger partial charge in [-0.2, -0.15) is 0 Å². The third-order valence-corrected chi connectivity index (χ3v) is 5.45. The molecule has 0 fully saturated rings. The smallest absolute Gasteiger partial charge is 0.302 e. The van der Waals surface area contributed by atoms with Gasteiger partial charge < -0.3 is 5.11 Å². The standard InChI is InChI=1S/C7H8N2O3S2.C5H3ClN2O2S/c10-4-5-13-14-7-6(9(11)12)2-1-3-8-7;6-11-5-4(8(9)10)2-1-3-7-5/h1-3,10H,4-5H2;1-3H. The van der Waals surface area contributed by atoms with Gasteiger partial charge >= 0.3 is 11.4 Å². The molecule has 0 saturated carbocycles. The Morgan fingerprint density at radius 2 is 1.56 bits per heavy atom. The summed E-state index contributed by atoms with van der Waals surface area (Å²) in [5.41, 5.74) is -0.0598. The molecule has 134 valence electrons. The van der Waals surface area contributed by atoms with Gasteiger partial charge in [-0.05, 0) is 33.6 Å². The minimum Gasteiger partial charge on any atom is -0.395 e. The van der Waals surface area contributed by atoms with E-state index in [0.29, 0.717) is 10.8 Å². The molecule has 0 saturated heterocycles. The average Bonchev–Trinajstić information content (AvgIpc) is 2.62. The Hall–Kier alpha value is -1.60. The van der Waals surface area contributed by atoms with Crippen LogP contribution in [0.4, 0.5) is 11.4 Å². The summed E-state index contributed by atoms with van der Waals surface area (Å²) in [6.45, 7) is 0.0539. The highest BCUT2D eigenvalue weighted by molar-refractivity contribution is 8.76. The van der Waals surface area contributed by atoms with Gasteiger partial charge in [0.05, 0.1) is 16.5 Å². The number of pyridine rings is 2. The van der Waals surface area contributed by atoms with E-state index in [-0.39, 0.29) is 23.0 Å². The molecule has 2 heterocycles. The van der Waals surface area contributed by atoms with E-state index in [9.17, 15) is 20.2 Å². The maximum atomic E-state index is 10.5. The van der Waals surface area contributed by atoms with E-state index in [2.05, 4.69) is 9.97 Å². The molecule has 0 aliphatic rings. The second kappa shape index (κ2) is 11.9. The van der Waals surface area contributed by atoms with Gasteiger partial charge in [-0.15, -0.1) is 0 Å². The lowest BCUT2D eigenvalue weighted by Gasteiger charge is -1.99. The maximum absolute atomic E-state index is 10.5. The van der Waals surface area contributed by atoms with Gasteiger partial charge in [0.1, 0.15) is 0 Å². The van der Waals surface area contributed by atoms with E-state index in [1.807, 2.05) is 0 Å². The Balaban J connectivity index is 0.000000257. The number of hydrogen-bond acceptors (Lipinski definition) is 10. The van der Waals surface area contributed by atoms with Gasteiger partial charge in [-0.25, -0.2) is 9.97 Å². The molecule has 0 unspecified atom stereocenters. The monoisotopic (exact) mass is 422 g/mol. The van der Waals surface area contributed by atoms with Crippen molar-refractivity contribution in [2.45, 2.75) is 10.1 Å². The van der Waals surface area contributed by atoms with Gasteiger partial charge in [0.15, 0.2) is 10.1 Å². The molecule has 0 atom stereocenters. The van der Waals surface area contributed by atoms with Gasteiger partial charge in [-0.3, -0.25) is 20.2 Å². The number of aliphatic hydroxyl groups excluding tert-OH is 1. The number of aromatic nitrogens is 2. The Bertz CT molecular complexity index is 725. The summed E-state index contributed by atoms with van der Waals surface area (Å²) in [4.78, 5) is 27.4. The third-order valence-electron chi connectivity index (χ3n) is 2.28. The first-order valence-electron chi connectivity index (χ1n) is 6.39. The van der Waals surface area contributed by atoms with Crippen LogP contribution in [0, 0.1) is 20.2 Å². The quantitative estimate of drug-likeness (QED) is 0.302. The summed E-state index contributed by atoms with van der Waals surface area (Å²) in [5.74, 6) is 0.526. The highest BCUT2D eigenvalue weighted by Crippen LogP contribution is 2.34. The Kier molecular flexibility index (Phi) is 10.2. The first-order chi connectivity index (χ1) is 12.0. The summed E-state index contributed by atoms with van der Waals surface area (Å²) in [6.07, 6.45) is 2.96. The van der Waals surface area contributed by atoms with Crippen LogP contribution in [0.5, 0.6) is 0 Å². The molecule has 2 aromatic heterocycles. The lowest BCUT2D eigenvalue weighted by Crippen LogP contribution is -1.92. The predicted molar refractivity (Wildman–Crippen MR) is 98.9 cm³/mol. The largest absolute Gasteiger partial charge is 0.395 e. The van der Waals surface area contributed by atoms with Crippen molar-refractivity contribution in [2.75, 3.05) is 12.4 Å². The van der Waals surface area contributed by atoms with Gasteiger partial charge in [0.2, 0.25) is 0 Å². The zero-order chi connectivity index (χ0) is 18.7. The number of hydrogen-bond donors (Lipinski definition) is 1. The minimum atomic E-state index is -0.516. The molecule has 13 heteroatoms. The number of nitro groups is 2. The van der Waals surface area contributed by atoms with Crippen molar-refractivity contribution in [3.05, 3.63) is 56.9 Å². The zero-order valence-corrected chi connectivity index (χ0v) is 15.6. The van der Waals surface area contributed by atoms with E-state index in [1.165, 1.54) is 58.2 Å². The van der Waals surface area contributed by atoms with Crippen molar-refractivity contribution in [3.8, 4) is 0 Å². The van der Waals surface area contributed by atoms with Crippen LogP contribution in [0.1, 0.15) is 0 Å². The molecule has 2 rings (SSSR count). The lowest BCUT2D eigenvalue weighted by molar-refractivity contribution is -0.388. The molecule has 0 amide bonds. The second-order valence-corrected chi connectivity index (χ2v) is 7.28. The number of nitrogens with zero attached hydrogens (tertiary/aromatic N) is 4. The van der Waals surface area contributed by atoms with Crippen molar-refractivity contribution < 1.29 is 15.0 Å². The van der Waals surface area contributed by atoms with Crippen LogP contribution in [0.2, 0.25) is 0 Å².